The van der Waals surface area contributed by atoms with Crippen LogP contribution in [0.4, 0.5) is 4.39 Å². The molecule has 154 valence electrons. The summed E-state index contributed by atoms with van der Waals surface area (Å²) >= 11 is 0. The number of benzene rings is 1. The fourth-order valence-corrected chi connectivity index (χ4v) is 5.33. The molecule has 0 bridgehead atoms. The second kappa shape index (κ2) is 8.32. The van der Waals surface area contributed by atoms with Crippen LogP contribution >= 0.6 is 0 Å². The van der Waals surface area contributed by atoms with Crippen molar-refractivity contribution in [1.82, 2.24) is 4.57 Å². The molecule has 1 unspecified atom stereocenters. The van der Waals surface area contributed by atoms with Gasteiger partial charge in [0.2, 0.25) is 5.78 Å². The number of nitrogens with zero attached hydrogens (tertiary/aromatic N) is 1. The van der Waals surface area contributed by atoms with Crippen LogP contribution in [-0.4, -0.2) is 42.9 Å². The van der Waals surface area contributed by atoms with Gasteiger partial charge in [-0.25, -0.2) is 17.6 Å². The van der Waals surface area contributed by atoms with Crippen LogP contribution in [0.25, 0.3) is 6.08 Å². The van der Waals surface area contributed by atoms with Crippen molar-refractivity contribution in [2.45, 2.75) is 26.3 Å². The number of aryl methyl sites for hydroxylation is 1. The number of hydrogen-bond donors (Lipinski definition) is 0. The van der Waals surface area contributed by atoms with E-state index in [4.69, 9.17) is 4.74 Å². The average Bonchev–Trinajstić information content (AvgIpc) is 3.17. The Kier molecular flexibility index (Phi) is 6.02. The normalized spacial score (nSPS) is 18.2. The van der Waals surface area contributed by atoms with Crippen molar-refractivity contribution in [2.24, 2.45) is 0 Å². The van der Waals surface area contributed by atoms with Crippen LogP contribution in [0.2, 0.25) is 0 Å². The molecule has 1 aliphatic heterocycles. The quantitative estimate of drug-likeness (QED) is 0.408. The molecule has 1 aliphatic rings. The second-order valence-electron chi connectivity index (χ2n) is 7.10. The number of ether oxygens (including phenoxy) is 1. The van der Waals surface area contributed by atoms with E-state index >= 15 is 0 Å². The summed E-state index contributed by atoms with van der Waals surface area (Å²) < 4.78 is 43.9. The van der Waals surface area contributed by atoms with E-state index in [1.807, 2.05) is 11.5 Å². The van der Waals surface area contributed by atoms with E-state index in [-0.39, 0.29) is 28.9 Å². The standard InChI is InChI=1S/C21H22FNO5S/c1-14-11-18(15(2)23(14)17-9-10-29(26,27)13-17)20(24)12-28-21(25)8-7-16-5-3-4-6-19(16)22/h3-8,11,17H,9-10,12-13H2,1-2H3/b8-7+. The van der Waals surface area contributed by atoms with Gasteiger partial charge in [0.15, 0.2) is 16.4 Å². The van der Waals surface area contributed by atoms with E-state index in [1.165, 1.54) is 18.2 Å². The predicted molar refractivity (Wildman–Crippen MR) is 107 cm³/mol. The van der Waals surface area contributed by atoms with Gasteiger partial charge >= 0.3 is 5.97 Å². The van der Waals surface area contributed by atoms with Crippen molar-refractivity contribution >= 4 is 27.7 Å². The first kappa shape index (κ1) is 21.0. The molecule has 0 aliphatic carbocycles. The highest BCUT2D eigenvalue weighted by atomic mass is 32.2. The maximum Gasteiger partial charge on any atom is 0.331 e. The van der Waals surface area contributed by atoms with Crippen LogP contribution in [-0.2, 0) is 19.4 Å². The largest absolute Gasteiger partial charge is 0.454 e. The Balaban J connectivity index is 1.65. The molecular formula is C21H22FNO5S. The molecule has 8 heteroatoms. The molecule has 0 radical (unpaired) electrons. The maximum absolute atomic E-state index is 13.5. The monoisotopic (exact) mass is 419 g/mol. The van der Waals surface area contributed by atoms with Crippen molar-refractivity contribution in [2.75, 3.05) is 18.1 Å². The molecule has 2 aromatic rings. The van der Waals surface area contributed by atoms with E-state index in [0.29, 0.717) is 17.7 Å². The van der Waals surface area contributed by atoms with Gasteiger partial charge in [-0.15, -0.1) is 0 Å². The summed E-state index contributed by atoms with van der Waals surface area (Å²) in [6.45, 7) is 3.12. The second-order valence-corrected chi connectivity index (χ2v) is 9.33. The number of sulfone groups is 1. The van der Waals surface area contributed by atoms with E-state index in [1.54, 1.807) is 25.1 Å². The summed E-state index contributed by atoms with van der Waals surface area (Å²) in [6.07, 6.45) is 2.87. The first-order valence-corrected chi connectivity index (χ1v) is 11.0. The molecule has 1 saturated heterocycles. The van der Waals surface area contributed by atoms with Gasteiger partial charge < -0.3 is 9.30 Å². The number of ketones is 1. The van der Waals surface area contributed by atoms with Gasteiger partial charge in [-0.05, 0) is 38.5 Å². The summed E-state index contributed by atoms with van der Waals surface area (Å²) in [4.78, 5) is 24.4. The summed E-state index contributed by atoms with van der Waals surface area (Å²) in [6, 6.07) is 7.48. The van der Waals surface area contributed by atoms with Crippen LogP contribution in [0.1, 0.15) is 39.8 Å². The highest BCUT2D eigenvalue weighted by Crippen LogP contribution is 2.29. The minimum absolute atomic E-state index is 0.0623. The van der Waals surface area contributed by atoms with Crippen molar-refractivity contribution < 1.29 is 27.1 Å². The van der Waals surface area contributed by atoms with E-state index in [0.717, 1.165) is 11.8 Å². The lowest BCUT2D eigenvalue weighted by molar-refractivity contribution is -0.136. The van der Waals surface area contributed by atoms with Crippen molar-refractivity contribution in [3.05, 3.63) is 64.7 Å². The molecule has 0 saturated carbocycles. The minimum Gasteiger partial charge on any atom is -0.454 e. The van der Waals surface area contributed by atoms with Gasteiger partial charge in [0.1, 0.15) is 5.82 Å². The molecule has 0 N–H and O–H groups in total. The van der Waals surface area contributed by atoms with Gasteiger partial charge in [-0.2, -0.15) is 0 Å². The number of hydrogen-bond acceptors (Lipinski definition) is 5. The number of carbonyl (C=O) groups excluding carboxylic acids is 2. The number of halogens is 1. The SMILES string of the molecule is Cc1cc(C(=O)COC(=O)/C=C/c2ccccc2F)c(C)n1C1CCS(=O)(=O)C1. The number of esters is 1. The molecule has 0 spiro atoms. The van der Waals surface area contributed by atoms with E-state index in [2.05, 4.69) is 0 Å². The van der Waals surface area contributed by atoms with E-state index in [9.17, 15) is 22.4 Å². The van der Waals surface area contributed by atoms with Gasteiger partial charge in [-0.3, -0.25) is 4.79 Å². The number of Topliss-reactive ketones (excluding diaryl/α,β-unsaturated/α-hetero) is 1. The number of carbonyl (C=O) groups is 2. The summed E-state index contributed by atoms with van der Waals surface area (Å²) in [5.41, 5.74) is 2.09. The van der Waals surface area contributed by atoms with Gasteiger partial charge in [-0.1, -0.05) is 18.2 Å². The third-order valence-electron chi connectivity index (χ3n) is 5.01. The van der Waals surface area contributed by atoms with Crippen LogP contribution in [0.15, 0.2) is 36.4 Å². The van der Waals surface area contributed by atoms with Gasteiger partial charge in [0, 0.05) is 34.6 Å². The van der Waals surface area contributed by atoms with Crippen LogP contribution in [0.3, 0.4) is 0 Å². The Morgan fingerprint density at radius 3 is 2.66 bits per heavy atom. The zero-order chi connectivity index (χ0) is 21.2. The fourth-order valence-electron chi connectivity index (χ4n) is 3.63. The Bertz CT molecular complexity index is 1080. The molecule has 6 nitrogen and oxygen atoms in total. The summed E-state index contributed by atoms with van der Waals surface area (Å²) in [7, 11) is -3.05. The molecule has 0 amide bonds. The summed E-state index contributed by atoms with van der Waals surface area (Å²) in [5.74, 6) is -1.39. The van der Waals surface area contributed by atoms with Crippen LogP contribution < -0.4 is 0 Å². The molecule has 3 rings (SSSR count). The first-order valence-electron chi connectivity index (χ1n) is 9.19. The molecule has 1 aromatic carbocycles. The predicted octanol–water partition coefficient (Wildman–Crippen LogP) is 3.04. The molecule has 1 aromatic heterocycles. The lowest BCUT2D eigenvalue weighted by Crippen LogP contribution is -2.16. The number of aromatic nitrogens is 1. The van der Waals surface area contributed by atoms with Crippen LogP contribution in [0, 0.1) is 19.7 Å². The van der Waals surface area contributed by atoms with Crippen LogP contribution in [0.5, 0.6) is 0 Å². The highest BCUT2D eigenvalue weighted by molar-refractivity contribution is 7.91. The Labute approximate surface area is 168 Å². The topological polar surface area (TPSA) is 82.4 Å². The molecule has 29 heavy (non-hydrogen) atoms. The third kappa shape index (κ3) is 4.82. The lowest BCUT2D eigenvalue weighted by Gasteiger charge is -2.16. The van der Waals surface area contributed by atoms with Gasteiger partial charge in [0.25, 0.3) is 0 Å². The minimum atomic E-state index is -3.05. The molecule has 1 atom stereocenters. The molecule has 1 fully saturated rings. The maximum atomic E-state index is 13.5. The number of rotatable bonds is 6. The fraction of sp³-hybridized carbons (Fsp3) is 0.333. The smallest absolute Gasteiger partial charge is 0.331 e. The Morgan fingerprint density at radius 1 is 1.28 bits per heavy atom. The van der Waals surface area contributed by atoms with E-state index < -0.39 is 28.2 Å². The van der Waals surface area contributed by atoms with Gasteiger partial charge in [0.05, 0.1) is 11.5 Å². The zero-order valence-electron chi connectivity index (χ0n) is 16.2. The highest BCUT2D eigenvalue weighted by Gasteiger charge is 2.31. The van der Waals surface area contributed by atoms with Crippen molar-refractivity contribution in [3.63, 3.8) is 0 Å². The molecular weight excluding hydrogens is 397 g/mol. The van der Waals surface area contributed by atoms with Crippen molar-refractivity contribution in [3.8, 4) is 0 Å². The summed E-state index contributed by atoms with van der Waals surface area (Å²) in [5, 5.41) is 0. The first-order chi connectivity index (χ1) is 13.7. The Hall–Kier alpha value is -2.74. The lowest BCUT2D eigenvalue weighted by atomic mass is 10.1. The Morgan fingerprint density at radius 2 is 2.00 bits per heavy atom. The average molecular weight is 419 g/mol. The van der Waals surface area contributed by atoms with Crippen molar-refractivity contribution in [1.29, 1.82) is 0 Å². The molecule has 2 heterocycles. The third-order valence-corrected chi connectivity index (χ3v) is 6.76. The zero-order valence-corrected chi connectivity index (χ0v) is 17.0.